The largest absolute Gasteiger partial charge is 0.418 e. The Bertz CT molecular complexity index is 628. The molecule has 0 unspecified atom stereocenters. The number of nitrogens with two attached hydrogens (primary N) is 1. The number of nitrogen functional groups attached to an aromatic ring is 1. The van der Waals surface area contributed by atoms with Gasteiger partial charge in [-0.15, -0.1) is 0 Å². The van der Waals surface area contributed by atoms with Crippen LogP contribution in [0.15, 0.2) is 36.8 Å². The Labute approximate surface area is 111 Å². The van der Waals surface area contributed by atoms with E-state index in [1.165, 1.54) is 24.7 Å². The van der Waals surface area contributed by atoms with Crippen LogP contribution in [0.2, 0.25) is 0 Å². The average Bonchev–Trinajstić information content (AvgIpc) is 2.39. The van der Waals surface area contributed by atoms with E-state index in [9.17, 15) is 18.0 Å². The molecule has 0 radical (unpaired) electrons. The van der Waals surface area contributed by atoms with Crippen molar-refractivity contribution in [2.75, 3.05) is 11.1 Å². The number of benzene rings is 1. The molecule has 0 aliphatic rings. The molecule has 0 atom stereocenters. The van der Waals surface area contributed by atoms with Crippen LogP contribution in [0, 0.1) is 0 Å². The molecule has 5 nitrogen and oxygen atoms in total. The van der Waals surface area contributed by atoms with Crippen molar-refractivity contribution in [1.82, 2.24) is 9.97 Å². The molecule has 1 aromatic carbocycles. The molecule has 0 saturated heterocycles. The van der Waals surface area contributed by atoms with Gasteiger partial charge >= 0.3 is 6.18 Å². The van der Waals surface area contributed by atoms with E-state index in [2.05, 4.69) is 15.3 Å². The van der Waals surface area contributed by atoms with E-state index in [1.807, 2.05) is 0 Å². The van der Waals surface area contributed by atoms with Crippen molar-refractivity contribution in [2.24, 2.45) is 0 Å². The fraction of sp³-hybridized carbons (Fsp3) is 0.0833. The molecule has 2 rings (SSSR count). The maximum absolute atomic E-state index is 12.7. The number of nitrogens with zero attached hydrogens (tertiary/aromatic N) is 2. The lowest BCUT2D eigenvalue weighted by molar-refractivity contribution is -0.136. The molecule has 1 heterocycles. The number of carbonyl (C=O) groups excluding carboxylic acids is 1. The van der Waals surface area contributed by atoms with Gasteiger partial charge in [0, 0.05) is 23.6 Å². The third-order valence-electron chi connectivity index (χ3n) is 2.43. The maximum atomic E-state index is 12.7. The molecular weight excluding hydrogens is 273 g/mol. The van der Waals surface area contributed by atoms with Gasteiger partial charge in [-0.2, -0.15) is 13.2 Å². The van der Waals surface area contributed by atoms with Gasteiger partial charge in [-0.3, -0.25) is 9.78 Å². The number of carbonyl (C=O) groups is 1. The van der Waals surface area contributed by atoms with Gasteiger partial charge in [-0.25, -0.2) is 4.98 Å². The second kappa shape index (κ2) is 5.16. The SMILES string of the molecule is Nc1ccc(C(=O)Nc2cnccn2)cc1C(F)(F)F. The quantitative estimate of drug-likeness (QED) is 0.828. The molecule has 8 heteroatoms. The molecule has 20 heavy (non-hydrogen) atoms. The third-order valence-corrected chi connectivity index (χ3v) is 2.43. The molecule has 0 bridgehead atoms. The average molecular weight is 282 g/mol. The summed E-state index contributed by atoms with van der Waals surface area (Å²) in [7, 11) is 0. The van der Waals surface area contributed by atoms with Crippen LogP contribution >= 0.6 is 0 Å². The van der Waals surface area contributed by atoms with E-state index in [4.69, 9.17) is 5.73 Å². The highest BCUT2D eigenvalue weighted by molar-refractivity contribution is 6.04. The van der Waals surface area contributed by atoms with Gasteiger partial charge in [0.15, 0.2) is 5.82 Å². The number of anilines is 2. The summed E-state index contributed by atoms with van der Waals surface area (Å²) in [6, 6.07) is 2.94. The smallest absolute Gasteiger partial charge is 0.398 e. The predicted octanol–water partition coefficient (Wildman–Crippen LogP) is 2.33. The minimum Gasteiger partial charge on any atom is -0.398 e. The zero-order valence-corrected chi connectivity index (χ0v) is 9.98. The van der Waals surface area contributed by atoms with E-state index < -0.39 is 23.3 Å². The fourth-order valence-corrected chi connectivity index (χ4v) is 1.50. The van der Waals surface area contributed by atoms with E-state index in [0.29, 0.717) is 6.07 Å². The summed E-state index contributed by atoms with van der Waals surface area (Å²) in [6.45, 7) is 0. The Morgan fingerprint density at radius 3 is 2.60 bits per heavy atom. The number of rotatable bonds is 2. The second-order valence-electron chi connectivity index (χ2n) is 3.84. The Morgan fingerprint density at radius 1 is 1.25 bits per heavy atom. The van der Waals surface area contributed by atoms with Gasteiger partial charge < -0.3 is 11.1 Å². The Morgan fingerprint density at radius 2 is 2.00 bits per heavy atom. The highest BCUT2D eigenvalue weighted by Gasteiger charge is 2.33. The first-order valence-corrected chi connectivity index (χ1v) is 5.42. The van der Waals surface area contributed by atoms with Crippen LogP contribution in [0.4, 0.5) is 24.7 Å². The van der Waals surface area contributed by atoms with Gasteiger partial charge in [0.2, 0.25) is 0 Å². The fourth-order valence-electron chi connectivity index (χ4n) is 1.50. The van der Waals surface area contributed by atoms with Crippen molar-refractivity contribution >= 4 is 17.4 Å². The summed E-state index contributed by atoms with van der Waals surface area (Å²) < 4.78 is 38.1. The lowest BCUT2D eigenvalue weighted by Gasteiger charge is -2.11. The highest BCUT2D eigenvalue weighted by atomic mass is 19.4. The molecule has 0 fully saturated rings. The number of halogens is 3. The van der Waals surface area contributed by atoms with Crippen LogP contribution in [-0.4, -0.2) is 15.9 Å². The summed E-state index contributed by atoms with van der Waals surface area (Å²) >= 11 is 0. The van der Waals surface area contributed by atoms with Gasteiger partial charge in [-0.05, 0) is 18.2 Å². The van der Waals surface area contributed by atoms with Crippen molar-refractivity contribution < 1.29 is 18.0 Å². The molecule has 0 spiro atoms. The number of hydrogen-bond acceptors (Lipinski definition) is 4. The highest BCUT2D eigenvalue weighted by Crippen LogP contribution is 2.34. The van der Waals surface area contributed by atoms with Gasteiger partial charge in [0.1, 0.15) is 0 Å². The van der Waals surface area contributed by atoms with Crippen molar-refractivity contribution in [3.8, 4) is 0 Å². The van der Waals surface area contributed by atoms with E-state index in [-0.39, 0.29) is 11.4 Å². The predicted molar refractivity (Wildman–Crippen MR) is 65.8 cm³/mol. The standard InChI is InChI=1S/C12H9F3N4O/c13-12(14,15)8-5-7(1-2-9(8)16)11(20)19-10-6-17-3-4-18-10/h1-6H,16H2,(H,18,19,20). The molecule has 1 amide bonds. The number of alkyl halides is 3. The molecule has 2 aromatic rings. The van der Waals surface area contributed by atoms with E-state index >= 15 is 0 Å². The number of amides is 1. The first-order chi connectivity index (χ1) is 9.38. The van der Waals surface area contributed by atoms with Gasteiger partial charge in [0.05, 0.1) is 11.8 Å². The van der Waals surface area contributed by atoms with Crippen LogP contribution in [0.3, 0.4) is 0 Å². The number of aromatic nitrogens is 2. The molecule has 3 N–H and O–H groups in total. The van der Waals surface area contributed by atoms with Crippen molar-refractivity contribution in [1.29, 1.82) is 0 Å². The van der Waals surface area contributed by atoms with Gasteiger partial charge in [0.25, 0.3) is 5.91 Å². The first kappa shape index (κ1) is 13.8. The minimum atomic E-state index is -4.62. The summed E-state index contributed by atoms with van der Waals surface area (Å²) in [5, 5.41) is 2.34. The van der Waals surface area contributed by atoms with E-state index in [1.54, 1.807) is 0 Å². The normalized spacial score (nSPS) is 11.2. The van der Waals surface area contributed by atoms with Crippen LogP contribution in [0.5, 0.6) is 0 Å². The Balaban J connectivity index is 2.27. The Kier molecular flexibility index (Phi) is 3.55. The first-order valence-electron chi connectivity index (χ1n) is 5.42. The van der Waals surface area contributed by atoms with Crippen LogP contribution in [0.1, 0.15) is 15.9 Å². The van der Waals surface area contributed by atoms with E-state index in [0.717, 1.165) is 6.07 Å². The summed E-state index contributed by atoms with van der Waals surface area (Å²) in [5.41, 5.74) is 3.60. The monoisotopic (exact) mass is 282 g/mol. The number of nitrogens with one attached hydrogen (secondary N) is 1. The van der Waals surface area contributed by atoms with Crippen molar-refractivity contribution in [3.05, 3.63) is 47.9 Å². The van der Waals surface area contributed by atoms with Crippen molar-refractivity contribution in [3.63, 3.8) is 0 Å². The maximum Gasteiger partial charge on any atom is 0.418 e. The van der Waals surface area contributed by atoms with Crippen molar-refractivity contribution in [2.45, 2.75) is 6.18 Å². The summed E-state index contributed by atoms with van der Waals surface area (Å²) in [6.07, 6.45) is -0.590. The topological polar surface area (TPSA) is 80.9 Å². The zero-order valence-electron chi connectivity index (χ0n) is 9.98. The van der Waals surface area contributed by atoms with Crippen LogP contribution in [0.25, 0.3) is 0 Å². The molecule has 0 saturated carbocycles. The summed E-state index contributed by atoms with van der Waals surface area (Å²) in [4.78, 5) is 19.3. The Hall–Kier alpha value is -2.64. The zero-order chi connectivity index (χ0) is 14.8. The molecular formula is C12H9F3N4O. The lowest BCUT2D eigenvalue weighted by atomic mass is 10.1. The third kappa shape index (κ3) is 3.02. The molecule has 1 aromatic heterocycles. The van der Waals surface area contributed by atoms with Crippen LogP contribution in [-0.2, 0) is 6.18 Å². The lowest BCUT2D eigenvalue weighted by Crippen LogP contribution is -2.16. The second-order valence-corrected chi connectivity index (χ2v) is 3.84. The van der Waals surface area contributed by atoms with Crippen LogP contribution < -0.4 is 11.1 Å². The summed E-state index contributed by atoms with van der Waals surface area (Å²) in [5.74, 6) is -0.584. The number of hydrogen-bond donors (Lipinski definition) is 2. The molecule has 104 valence electrons. The molecule has 0 aliphatic heterocycles. The minimum absolute atomic E-state index is 0.142. The van der Waals surface area contributed by atoms with Gasteiger partial charge in [-0.1, -0.05) is 0 Å². The molecule has 0 aliphatic carbocycles.